The molecule has 0 amide bonds. The van der Waals surface area contributed by atoms with Gasteiger partial charge < -0.3 is 15.1 Å². The van der Waals surface area contributed by atoms with Gasteiger partial charge >= 0.3 is 11.9 Å². The Balaban J connectivity index is 0.000000416. The van der Waals surface area contributed by atoms with Crippen LogP contribution in [0, 0.1) is 0 Å². The van der Waals surface area contributed by atoms with Gasteiger partial charge in [0.15, 0.2) is 0 Å². The van der Waals surface area contributed by atoms with Gasteiger partial charge in [0.05, 0.1) is 0 Å². The second kappa shape index (κ2) is 14.5. The molecule has 0 saturated heterocycles. The highest BCUT2D eigenvalue weighted by molar-refractivity contribution is 7.99. The topological polar surface area (TPSA) is 77.8 Å². The number of aliphatic carboxylic acids is 2. The summed E-state index contributed by atoms with van der Waals surface area (Å²) in [6.07, 6.45) is 3.50. The van der Waals surface area contributed by atoms with Crippen molar-refractivity contribution < 1.29 is 19.8 Å². The number of carboxylic acids is 2. The van der Waals surface area contributed by atoms with E-state index in [4.69, 9.17) is 10.2 Å². The van der Waals surface area contributed by atoms with Crippen LogP contribution in [0.4, 0.5) is 0 Å². The third-order valence-electron chi connectivity index (χ3n) is 3.69. The number of likely N-dealkylation sites (N-methyl/N-ethyl adjacent to an activating group) is 1. The van der Waals surface area contributed by atoms with E-state index in [1.54, 1.807) is 0 Å². The Morgan fingerprint density at radius 2 is 1.43 bits per heavy atom. The first-order chi connectivity index (χ1) is 13.5. The second-order valence-electron chi connectivity index (χ2n) is 6.06. The van der Waals surface area contributed by atoms with Crippen LogP contribution in [0.1, 0.15) is 12.0 Å². The fourth-order valence-corrected chi connectivity index (χ4v) is 3.12. The lowest BCUT2D eigenvalue weighted by Crippen LogP contribution is -2.22. The van der Waals surface area contributed by atoms with Gasteiger partial charge in [-0.05, 0) is 49.9 Å². The molecule has 0 aliphatic rings. The largest absolute Gasteiger partial charge is 0.478 e. The Labute approximate surface area is 170 Å². The van der Waals surface area contributed by atoms with Gasteiger partial charge in [-0.1, -0.05) is 48.5 Å². The van der Waals surface area contributed by atoms with Crippen LogP contribution in [0.15, 0.2) is 77.7 Å². The average molecular weight is 402 g/mol. The number of carboxylic acid groups (broad SMARTS) is 2. The minimum absolute atomic E-state index is 0.558. The Hall–Kier alpha value is -2.57. The van der Waals surface area contributed by atoms with Crippen molar-refractivity contribution in [3.63, 3.8) is 0 Å². The van der Waals surface area contributed by atoms with Crippen molar-refractivity contribution >= 4 is 23.7 Å². The first-order valence-electron chi connectivity index (χ1n) is 9.01. The minimum Gasteiger partial charge on any atom is -0.478 e. The minimum atomic E-state index is -1.26. The predicted octanol–water partition coefficient (Wildman–Crippen LogP) is 4.06. The van der Waals surface area contributed by atoms with Crippen molar-refractivity contribution in [2.45, 2.75) is 17.7 Å². The molecule has 6 heteroatoms. The van der Waals surface area contributed by atoms with Crippen molar-refractivity contribution in [3.8, 4) is 0 Å². The first-order valence-corrected chi connectivity index (χ1v) is 10.00. The molecule has 2 aromatic rings. The maximum absolute atomic E-state index is 9.55. The average Bonchev–Trinajstić information content (AvgIpc) is 2.70. The number of thioether (sulfide) groups is 1. The van der Waals surface area contributed by atoms with Gasteiger partial charge in [0.1, 0.15) is 0 Å². The maximum Gasteiger partial charge on any atom is 0.328 e. The summed E-state index contributed by atoms with van der Waals surface area (Å²) in [6, 6.07) is 21.4. The molecule has 0 atom stereocenters. The van der Waals surface area contributed by atoms with Gasteiger partial charge in [0, 0.05) is 23.6 Å². The quantitative estimate of drug-likeness (QED) is 0.355. The molecule has 0 bridgehead atoms. The Morgan fingerprint density at radius 3 is 1.96 bits per heavy atom. The third-order valence-corrected chi connectivity index (χ3v) is 4.79. The lowest BCUT2D eigenvalue weighted by Gasteiger charge is -2.16. The molecule has 0 spiro atoms. The highest BCUT2D eigenvalue weighted by Gasteiger charge is 2.00. The van der Waals surface area contributed by atoms with Crippen LogP contribution in [0.3, 0.4) is 0 Å². The molecule has 0 heterocycles. The number of carbonyl (C=O) groups is 2. The van der Waals surface area contributed by atoms with Crippen LogP contribution in [0.25, 0.3) is 0 Å². The fourth-order valence-electron chi connectivity index (χ4n) is 2.26. The maximum atomic E-state index is 9.55. The molecule has 2 aromatic carbocycles. The molecule has 150 valence electrons. The van der Waals surface area contributed by atoms with E-state index >= 15 is 0 Å². The van der Waals surface area contributed by atoms with Gasteiger partial charge in [-0.2, -0.15) is 0 Å². The summed E-state index contributed by atoms with van der Waals surface area (Å²) in [5.74, 6) is -1.32. The van der Waals surface area contributed by atoms with E-state index in [1.807, 2.05) is 11.8 Å². The molecule has 5 nitrogen and oxygen atoms in total. The van der Waals surface area contributed by atoms with Crippen molar-refractivity contribution in [1.82, 2.24) is 4.90 Å². The predicted molar refractivity (Wildman–Crippen MR) is 114 cm³/mol. The van der Waals surface area contributed by atoms with Crippen molar-refractivity contribution in [2.24, 2.45) is 0 Å². The third kappa shape index (κ3) is 12.7. The molecule has 0 aromatic heterocycles. The van der Waals surface area contributed by atoms with Crippen LogP contribution >= 0.6 is 11.8 Å². The lowest BCUT2D eigenvalue weighted by molar-refractivity contribution is -0.134. The zero-order chi connectivity index (χ0) is 20.6. The van der Waals surface area contributed by atoms with Crippen LogP contribution in [0.2, 0.25) is 0 Å². The summed E-state index contributed by atoms with van der Waals surface area (Å²) < 4.78 is 0. The van der Waals surface area contributed by atoms with E-state index in [-0.39, 0.29) is 0 Å². The highest BCUT2D eigenvalue weighted by atomic mass is 32.2. The monoisotopic (exact) mass is 401 g/mol. The van der Waals surface area contributed by atoms with E-state index in [0.717, 1.165) is 13.0 Å². The molecule has 0 radical (unpaired) electrons. The highest BCUT2D eigenvalue weighted by Crippen LogP contribution is 2.17. The van der Waals surface area contributed by atoms with Gasteiger partial charge in [-0.25, -0.2) is 9.59 Å². The molecular weight excluding hydrogens is 374 g/mol. The molecule has 0 saturated carbocycles. The molecule has 0 aliphatic heterocycles. The lowest BCUT2D eigenvalue weighted by atomic mass is 10.1. The molecular formula is C22H27NO4S. The Morgan fingerprint density at radius 1 is 0.893 bits per heavy atom. The molecule has 28 heavy (non-hydrogen) atoms. The summed E-state index contributed by atoms with van der Waals surface area (Å²) in [6.45, 7) is 2.31. The molecule has 2 N–H and O–H groups in total. The first kappa shape index (κ1) is 23.5. The van der Waals surface area contributed by atoms with Crippen molar-refractivity contribution in [3.05, 3.63) is 78.4 Å². The molecule has 0 aliphatic carbocycles. The van der Waals surface area contributed by atoms with E-state index in [1.165, 1.54) is 29.2 Å². The summed E-state index contributed by atoms with van der Waals surface area (Å²) in [5.41, 5.74) is 1.43. The van der Waals surface area contributed by atoms with Crippen LogP contribution in [-0.4, -0.2) is 52.9 Å². The van der Waals surface area contributed by atoms with E-state index in [2.05, 4.69) is 72.6 Å². The second-order valence-corrected chi connectivity index (χ2v) is 7.23. The number of hydrogen-bond acceptors (Lipinski definition) is 4. The zero-order valence-electron chi connectivity index (χ0n) is 16.0. The summed E-state index contributed by atoms with van der Waals surface area (Å²) >= 11 is 1.95. The van der Waals surface area contributed by atoms with E-state index in [9.17, 15) is 9.59 Å². The van der Waals surface area contributed by atoms with E-state index in [0.29, 0.717) is 12.2 Å². The van der Waals surface area contributed by atoms with Crippen LogP contribution in [0.5, 0.6) is 0 Å². The molecule has 2 rings (SSSR count). The Bertz CT molecular complexity index is 704. The van der Waals surface area contributed by atoms with Crippen molar-refractivity contribution in [1.29, 1.82) is 0 Å². The van der Waals surface area contributed by atoms with Gasteiger partial charge in [0.2, 0.25) is 0 Å². The summed E-state index contributed by atoms with van der Waals surface area (Å²) in [4.78, 5) is 22.9. The summed E-state index contributed by atoms with van der Waals surface area (Å²) in [5, 5.41) is 15.6. The standard InChI is InChI=1S/C18H23NS.C4H4O4/c1-19(15-13-17-9-4-2-5-10-17)14-8-16-20-18-11-6-3-7-12-18;5-3(6)1-2-4(7)8/h2-7,9-12H,8,13-16H2,1H3;1-2H,(H,5,6)(H,7,8)/b;2-1-. The number of hydrogen-bond donors (Lipinski definition) is 2. The zero-order valence-corrected chi connectivity index (χ0v) is 16.8. The van der Waals surface area contributed by atoms with Crippen molar-refractivity contribution in [2.75, 3.05) is 25.9 Å². The van der Waals surface area contributed by atoms with Gasteiger partial charge in [0.25, 0.3) is 0 Å². The SMILES string of the molecule is CN(CCCSc1ccccc1)CCc1ccccc1.O=C(O)/C=C\C(=O)O. The van der Waals surface area contributed by atoms with E-state index < -0.39 is 11.9 Å². The normalized spacial score (nSPS) is 10.5. The molecule has 0 unspecified atom stereocenters. The van der Waals surface area contributed by atoms with Gasteiger partial charge in [-0.15, -0.1) is 11.8 Å². The van der Waals surface area contributed by atoms with Crippen LogP contribution in [-0.2, 0) is 16.0 Å². The number of benzene rings is 2. The smallest absolute Gasteiger partial charge is 0.328 e. The fraction of sp³-hybridized carbons (Fsp3) is 0.273. The number of nitrogens with zero attached hydrogens (tertiary/aromatic N) is 1. The number of rotatable bonds is 10. The van der Waals surface area contributed by atoms with Crippen LogP contribution < -0.4 is 0 Å². The summed E-state index contributed by atoms with van der Waals surface area (Å²) in [7, 11) is 2.22. The Kier molecular flexibility index (Phi) is 12.1. The molecule has 0 fully saturated rings. The van der Waals surface area contributed by atoms with Gasteiger partial charge in [-0.3, -0.25) is 0 Å².